The molecule has 0 amide bonds. The molecule has 2 rings (SSSR count). The molecule has 0 saturated heterocycles. The van der Waals surface area contributed by atoms with Crippen molar-refractivity contribution in [3.8, 4) is 5.75 Å². The summed E-state index contributed by atoms with van der Waals surface area (Å²) in [5.74, 6) is 1.70. The standard InChI is InChI=1S/C13H14N2O3/c1-9(16)7-13-14-12(15-18-13)8-10-5-3-4-6-11(10)17-2/h3-6H,7-8H2,1-2H3. The minimum absolute atomic E-state index is 0.00231. The second kappa shape index (κ2) is 5.44. The topological polar surface area (TPSA) is 65.2 Å². The van der Waals surface area contributed by atoms with Crippen LogP contribution in [0, 0.1) is 0 Å². The second-order valence-corrected chi connectivity index (χ2v) is 3.97. The SMILES string of the molecule is COc1ccccc1Cc1noc(CC(C)=O)n1. The molecule has 5 heteroatoms. The summed E-state index contributed by atoms with van der Waals surface area (Å²) in [6.45, 7) is 1.49. The molecule has 0 saturated carbocycles. The lowest BCUT2D eigenvalue weighted by Crippen LogP contribution is -1.98. The summed E-state index contributed by atoms with van der Waals surface area (Å²) >= 11 is 0. The van der Waals surface area contributed by atoms with E-state index < -0.39 is 0 Å². The van der Waals surface area contributed by atoms with E-state index in [0.717, 1.165) is 11.3 Å². The predicted octanol–water partition coefficient (Wildman–Crippen LogP) is 1.80. The second-order valence-electron chi connectivity index (χ2n) is 3.97. The third-order valence-corrected chi connectivity index (χ3v) is 2.45. The lowest BCUT2D eigenvalue weighted by molar-refractivity contribution is -0.116. The third-order valence-electron chi connectivity index (χ3n) is 2.45. The van der Waals surface area contributed by atoms with Crippen molar-refractivity contribution in [2.24, 2.45) is 0 Å². The number of rotatable bonds is 5. The molecule has 0 spiro atoms. The van der Waals surface area contributed by atoms with Crippen LogP contribution in [0.5, 0.6) is 5.75 Å². The number of Topliss-reactive ketones (excluding diaryl/α,β-unsaturated/α-hetero) is 1. The Balaban J connectivity index is 2.13. The van der Waals surface area contributed by atoms with Crippen LogP contribution in [-0.2, 0) is 17.6 Å². The van der Waals surface area contributed by atoms with Crippen molar-refractivity contribution < 1.29 is 14.1 Å². The van der Waals surface area contributed by atoms with Gasteiger partial charge >= 0.3 is 0 Å². The van der Waals surface area contributed by atoms with Crippen LogP contribution in [0.25, 0.3) is 0 Å². The molecule has 0 radical (unpaired) electrons. The Bertz CT molecular complexity index is 549. The Morgan fingerprint density at radius 3 is 2.89 bits per heavy atom. The number of benzene rings is 1. The van der Waals surface area contributed by atoms with Crippen LogP contribution in [0.1, 0.15) is 24.2 Å². The Hall–Kier alpha value is -2.17. The van der Waals surface area contributed by atoms with Gasteiger partial charge in [-0.15, -0.1) is 0 Å². The largest absolute Gasteiger partial charge is 0.496 e. The van der Waals surface area contributed by atoms with Gasteiger partial charge in [-0.3, -0.25) is 4.79 Å². The zero-order chi connectivity index (χ0) is 13.0. The molecule has 0 aliphatic carbocycles. The summed E-state index contributed by atoms with van der Waals surface area (Å²) in [6, 6.07) is 7.65. The number of ether oxygens (including phenoxy) is 1. The van der Waals surface area contributed by atoms with Crippen molar-refractivity contribution in [1.29, 1.82) is 0 Å². The number of carbonyl (C=O) groups is 1. The highest BCUT2D eigenvalue weighted by atomic mass is 16.5. The fourth-order valence-electron chi connectivity index (χ4n) is 1.67. The van der Waals surface area contributed by atoms with Crippen molar-refractivity contribution in [1.82, 2.24) is 10.1 Å². The zero-order valence-electron chi connectivity index (χ0n) is 10.3. The first-order chi connectivity index (χ1) is 8.69. The van der Waals surface area contributed by atoms with E-state index in [9.17, 15) is 4.79 Å². The monoisotopic (exact) mass is 246 g/mol. The molecule has 1 heterocycles. The number of para-hydroxylation sites is 1. The summed E-state index contributed by atoms with van der Waals surface area (Å²) < 4.78 is 10.2. The van der Waals surface area contributed by atoms with Crippen molar-refractivity contribution in [2.75, 3.05) is 7.11 Å². The molecule has 0 fully saturated rings. The van der Waals surface area contributed by atoms with Gasteiger partial charge in [0.1, 0.15) is 11.5 Å². The van der Waals surface area contributed by atoms with Gasteiger partial charge < -0.3 is 9.26 Å². The molecule has 94 valence electrons. The minimum atomic E-state index is 0.00231. The molecule has 18 heavy (non-hydrogen) atoms. The Morgan fingerprint density at radius 2 is 2.17 bits per heavy atom. The van der Waals surface area contributed by atoms with E-state index in [2.05, 4.69) is 10.1 Å². The van der Waals surface area contributed by atoms with Crippen molar-refractivity contribution in [3.05, 3.63) is 41.5 Å². The van der Waals surface area contributed by atoms with Crippen molar-refractivity contribution in [3.63, 3.8) is 0 Å². The summed E-state index contributed by atoms with van der Waals surface area (Å²) in [7, 11) is 1.62. The van der Waals surface area contributed by atoms with Gasteiger partial charge in [-0.2, -0.15) is 4.98 Å². The summed E-state index contributed by atoms with van der Waals surface area (Å²) in [6.07, 6.45) is 0.699. The molecule has 0 N–H and O–H groups in total. The van der Waals surface area contributed by atoms with Crippen molar-refractivity contribution >= 4 is 5.78 Å². The van der Waals surface area contributed by atoms with Crippen LogP contribution in [-0.4, -0.2) is 23.0 Å². The average molecular weight is 246 g/mol. The van der Waals surface area contributed by atoms with Gasteiger partial charge in [-0.05, 0) is 13.0 Å². The van der Waals surface area contributed by atoms with Gasteiger partial charge in [0.25, 0.3) is 0 Å². The molecule has 0 unspecified atom stereocenters. The number of methoxy groups -OCH3 is 1. The molecule has 1 aromatic heterocycles. The number of aromatic nitrogens is 2. The van der Waals surface area contributed by atoms with Crippen LogP contribution < -0.4 is 4.74 Å². The minimum Gasteiger partial charge on any atom is -0.496 e. The molecule has 5 nitrogen and oxygen atoms in total. The maximum absolute atomic E-state index is 10.9. The summed E-state index contributed by atoms with van der Waals surface area (Å²) in [5.41, 5.74) is 0.982. The fourth-order valence-corrected chi connectivity index (χ4v) is 1.67. The number of hydrogen-bond acceptors (Lipinski definition) is 5. The predicted molar refractivity (Wildman–Crippen MR) is 64.5 cm³/mol. The molecule has 0 atom stereocenters. The van der Waals surface area contributed by atoms with Crippen LogP contribution in [0.3, 0.4) is 0 Å². The lowest BCUT2D eigenvalue weighted by Gasteiger charge is -2.04. The smallest absolute Gasteiger partial charge is 0.234 e. The quantitative estimate of drug-likeness (QED) is 0.804. The Kier molecular flexibility index (Phi) is 3.72. The highest BCUT2D eigenvalue weighted by Crippen LogP contribution is 2.19. The van der Waals surface area contributed by atoms with E-state index in [1.165, 1.54) is 6.92 Å². The molecular formula is C13H14N2O3. The number of nitrogens with zero attached hydrogens (tertiary/aromatic N) is 2. The van der Waals surface area contributed by atoms with Gasteiger partial charge in [0.2, 0.25) is 5.89 Å². The Labute approximate surface area is 105 Å². The van der Waals surface area contributed by atoms with Gasteiger partial charge in [0.05, 0.1) is 13.5 Å². The molecule has 1 aromatic carbocycles. The van der Waals surface area contributed by atoms with Crippen LogP contribution >= 0.6 is 0 Å². The number of ketones is 1. The first kappa shape index (κ1) is 12.3. The van der Waals surface area contributed by atoms with Crippen LogP contribution in [0.15, 0.2) is 28.8 Å². The molecule has 0 aliphatic rings. The average Bonchev–Trinajstić information content (AvgIpc) is 2.76. The van der Waals surface area contributed by atoms with E-state index >= 15 is 0 Å². The first-order valence-corrected chi connectivity index (χ1v) is 5.62. The normalized spacial score (nSPS) is 10.3. The van der Waals surface area contributed by atoms with Crippen LogP contribution in [0.4, 0.5) is 0 Å². The number of carbonyl (C=O) groups excluding carboxylic acids is 1. The molecular weight excluding hydrogens is 232 g/mol. The van der Waals surface area contributed by atoms with Gasteiger partial charge in [-0.1, -0.05) is 23.4 Å². The lowest BCUT2D eigenvalue weighted by atomic mass is 10.1. The highest BCUT2D eigenvalue weighted by molar-refractivity contribution is 5.77. The van der Waals surface area contributed by atoms with Gasteiger partial charge in [0.15, 0.2) is 5.82 Å². The molecule has 0 aliphatic heterocycles. The highest BCUT2D eigenvalue weighted by Gasteiger charge is 2.11. The van der Waals surface area contributed by atoms with E-state index in [1.807, 2.05) is 24.3 Å². The van der Waals surface area contributed by atoms with Gasteiger partial charge in [-0.25, -0.2) is 0 Å². The molecule has 0 bridgehead atoms. The van der Waals surface area contributed by atoms with Gasteiger partial charge in [0, 0.05) is 12.0 Å². The first-order valence-electron chi connectivity index (χ1n) is 5.62. The van der Waals surface area contributed by atoms with E-state index in [-0.39, 0.29) is 12.2 Å². The summed E-state index contributed by atoms with van der Waals surface area (Å²) in [4.78, 5) is 15.1. The number of hydrogen-bond donors (Lipinski definition) is 0. The van der Waals surface area contributed by atoms with Crippen LogP contribution in [0.2, 0.25) is 0 Å². The zero-order valence-corrected chi connectivity index (χ0v) is 10.3. The molecule has 2 aromatic rings. The van der Waals surface area contributed by atoms with E-state index in [4.69, 9.17) is 9.26 Å². The Morgan fingerprint density at radius 1 is 1.39 bits per heavy atom. The maximum Gasteiger partial charge on any atom is 0.234 e. The van der Waals surface area contributed by atoms with Crippen molar-refractivity contribution in [2.45, 2.75) is 19.8 Å². The third kappa shape index (κ3) is 2.94. The van der Waals surface area contributed by atoms with E-state index in [0.29, 0.717) is 18.1 Å². The maximum atomic E-state index is 10.9. The summed E-state index contributed by atoms with van der Waals surface area (Å²) in [5, 5.41) is 3.85. The fraction of sp³-hybridized carbons (Fsp3) is 0.308. The van der Waals surface area contributed by atoms with E-state index in [1.54, 1.807) is 7.11 Å².